The van der Waals surface area contributed by atoms with E-state index < -0.39 is 12.8 Å². The summed E-state index contributed by atoms with van der Waals surface area (Å²) in [5.74, 6) is 0.712. The van der Waals surface area contributed by atoms with E-state index in [2.05, 4.69) is 15.0 Å². The maximum atomic E-state index is 12.5. The molecule has 0 bridgehead atoms. The SMILES string of the molecule is Cc1cnc(COc2cc(-c3ccncc3)c(C)nc2N)c(C)c1OCC(F)(F)F. The summed E-state index contributed by atoms with van der Waals surface area (Å²) in [7, 11) is 0. The van der Waals surface area contributed by atoms with E-state index in [1.165, 1.54) is 6.20 Å². The fourth-order valence-electron chi connectivity index (χ4n) is 2.97. The lowest BCUT2D eigenvalue weighted by molar-refractivity contribution is -0.153. The van der Waals surface area contributed by atoms with E-state index in [-0.39, 0.29) is 18.2 Å². The molecule has 0 aromatic carbocycles. The van der Waals surface area contributed by atoms with Gasteiger partial charge in [0.05, 0.1) is 5.69 Å². The van der Waals surface area contributed by atoms with E-state index >= 15 is 0 Å². The minimum atomic E-state index is -4.43. The van der Waals surface area contributed by atoms with Crippen LogP contribution >= 0.6 is 0 Å². The third-order valence-electron chi connectivity index (χ3n) is 4.49. The number of alkyl halides is 3. The van der Waals surface area contributed by atoms with Crippen molar-refractivity contribution in [2.75, 3.05) is 12.3 Å². The van der Waals surface area contributed by atoms with Crippen LogP contribution in [0.5, 0.6) is 11.5 Å². The first kappa shape index (κ1) is 21.4. The Hall–Kier alpha value is -3.36. The molecule has 0 aliphatic heterocycles. The van der Waals surface area contributed by atoms with Crippen molar-refractivity contribution in [3.63, 3.8) is 0 Å². The molecular weight excluding hydrogens is 397 g/mol. The molecule has 0 saturated carbocycles. The fourth-order valence-corrected chi connectivity index (χ4v) is 2.97. The lowest BCUT2D eigenvalue weighted by Crippen LogP contribution is -2.20. The van der Waals surface area contributed by atoms with Gasteiger partial charge in [-0.2, -0.15) is 13.2 Å². The molecular formula is C21H21F3N4O2. The minimum absolute atomic E-state index is 0.000776. The van der Waals surface area contributed by atoms with Gasteiger partial charge in [0, 0.05) is 41.0 Å². The number of halogens is 3. The third-order valence-corrected chi connectivity index (χ3v) is 4.49. The first-order valence-electron chi connectivity index (χ1n) is 9.10. The van der Waals surface area contributed by atoms with Gasteiger partial charge in [0.2, 0.25) is 0 Å². The monoisotopic (exact) mass is 418 g/mol. The van der Waals surface area contributed by atoms with Crippen LogP contribution in [0.4, 0.5) is 19.0 Å². The summed E-state index contributed by atoms with van der Waals surface area (Å²) in [5, 5.41) is 0. The highest BCUT2D eigenvalue weighted by Crippen LogP contribution is 2.31. The van der Waals surface area contributed by atoms with E-state index in [4.69, 9.17) is 15.2 Å². The topological polar surface area (TPSA) is 83.2 Å². The molecule has 30 heavy (non-hydrogen) atoms. The van der Waals surface area contributed by atoms with Gasteiger partial charge >= 0.3 is 6.18 Å². The first-order valence-corrected chi connectivity index (χ1v) is 9.10. The number of aromatic nitrogens is 3. The van der Waals surface area contributed by atoms with Gasteiger partial charge in [-0.15, -0.1) is 0 Å². The van der Waals surface area contributed by atoms with Gasteiger partial charge in [-0.3, -0.25) is 9.97 Å². The summed E-state index contributed by atoms with van der Waals surface area (Å²) in [6.45, 7) is 3.75. The van der Waals surface area contributed by atoms with Crippen molar-refractivity contribution in [2.45, 2.75) is 33.6 Å². The number of anilines is 1. The smallest absolute Gasteiger partial charge is 0.422 e. The zero-order valence-electron chi connectivity index (χ0n) is 16.7. The largest absolute Gasteiger partial charge is 0.483 e. The van der Waals surface area contributed by atoms with Crippen LogP contribution in [0, 0.1) is 20.8 Å². The number of rotatable bonds is 6. The molecule has 0 fully saturated rings. The Bertz CT molecular complexity index is 1040. The lowest BCUT2D eigenvalue weighted by atomic mass is 10.1. The number of pyridine rings is 3. The van der Waals surface area contributed by atoms with Crippen molar-refractivity contribution in [1.29, 1.82) is 0 Å². The molecule has 0 aliphatic carbocycles. The molecule has 2 N–H and O–H groups in total. The van der Waals surface area contributed by atoms with Crippen LogP contribution in [-0.4, -0.2) is 27.7 Å². The Morgan fingerprint density at radius 3 is 2.43 bits per heavy atom. The van der Waals surface area contributed by atoms with Gasteiger partial charge in [0.25, 0.3) is 0 Å². The quantitative estimate of drug-likeness (QED) is 0.632. The zero-order chi connectivity index (χ0) is 21.9. The molecule has 0 radical (unpaired) electrons. The van der Waals surface area contributed by atoms with Gasteiger partial charge in [-0.05, 0) is 44.5 Å². The molecule has 158 valence electrons. The molecule has 0 atom stereocenters. The maximum Gasteiger partial charge on any atom is 0.422 e. The Morgan fingerprint density at radius 2 is 1.77 bits per heavy atom. The number of hydrogen-bond acceptors (Lipinski definition) is 6. The number of aryl methyl sites for hydroxylation is 2. The summed E-state index contributed by atoms with van der Waals surface area (Å²) >= 11 is 0. The highest BCUT2D eigenvalue weighted by Gasteiger charge is 2.29. The first-order chi connectivity index (χ1) is 14.2. The van der Waals surface area contributed by atoms with Crippen molar-refractivity contribution in [1.82, 2.24) is 15.0 Å². The number of hydrogen-bond donors (Lipinski definition) is 1. The van der Waals surface area contributed by atoms with Crippen LogP contribution in [0.3, 0.4) is 0 Å². The van der Waals surface area contributed by atoms with Crippen LogP contribution in [-0.2, 0) is 6.61 Å². The number of ether oxygens (including phenoxy) is 2. The average molecular weight is 418 g/mol. The molecule has 0 spiro atoms. The highest BCUT2D eigenvalue weighted by molar-refractivity contribution is 5.69. The molecule has 3 aromatic rings. The van der Waals surface area contributed by atoms with Gasteiger partial charge in [-0.1, -0.05) is 0 Å². The van der Waals surface area contributed by atoms with E-state index in [0.29, 0.717) is 22.6 Å². The van der Waals surface area contributed by atoms with Crippen LogP contribution in [0.25, 0.3) is 11.1 Å². The van der Waals surface area contributed by atoms with Crippen LogP contribution in [0.2, 0.25) is 0 Å². The van der Waals surface area contributed by atoms with Crippen molar-refractivity contribution in [2.24, 2.45) is 0 Å². The molecule has 0 unspecified atom stereocenters. The molecule has 0 amide bonds. The summed E-state index contributed by atoms with van der Waals surface area (Å²) in [6.07, 6.45) is 0.377. The van der Waals surface area contributed by atoms with Crippen molar-refractivity contribution in [3.05, 3.63) is 59.3 Å². The minimum Gasteiger partial charge on any atom is -0.483 e. The normalized spacial score (nSPS) is 11.4. The third kappa shape index (κ3) is 4.97. The van der Waals surface area contributed by atoms with Crippen LogP contribution in [0.1, 0.15) is 22.5 Å². The number of nitrogens with two attached hydrogens (primary N) is 1. The molecule has 3 heterocycles. The number of nitrogen functional groups attached to an aromatic ring is 1. The van der Waals surface area contributed by atoms with Gasteiger partial charge in [0.15, 0.2) is 18.2 Å². The van der Waals surface area contributed by atoms with Crippen LogP contribution in [0.15, 0.2) is 36.8 Å². The fraction of sp³-hybridized carbons (Fsp3) is 0.286. The summed E-state index contributed by atoms with van der Waals surface area (Å²) in [5.41, 5.74) is 9.92. The van der Waals surface area contributed by atoms with Crippen molar-refractivity contribution >= 4 is 5.82 Å². The van der Waals surface area contributed by atoms with E-state index in [9.17, 15) is 13.2 Å². The molecule has 3 aromatic heterocycles. The lowest BCUT2D eigenvalue weighted by Gasteiger charge is -2.17. The molecule has 3 rings (SSSR count). The highest BCUT2D eigenvalue weighted by atomic mass is 19.4. The predicted octanol–water partition coefficient (Wildman–Crippen LogP) is 4.57. The maximum absolute atomic E-state index is 12.5. The van der Waals surface area contributed by atoms with Crippen molar-refractivity contribution in [3.8, 4) is 22.6 Å². The summed E-state index contributed by atoms with van der Waals surface area (Å²) in [6, 6.07) is 5.47. The molecule has 0 saturated heterocycles. The molecule has 0 aliphatic rings. The predicted molar refractivity (Wildman–Crippen MR) is 106 cm³/mol. The standard InChI is InChI=1S/C21H21F3N4O2/c1-12-9-27-17(13(2)19(12)30-11-21(22,23)24)10-29-18-8-16(14(3)28-20(18)25)15-4-6-26-7-5-15/h4-9H,10-11H2,1-3H3,(H2,25,28). The number of nitrogens with zero attached hydrogens (tertiary/aromatic N) is 3. The second-order valence-electron chi connectivity index (χ2n) is 6.78. The zero-order valence-corrected chi connectivity index (χ0v) is 16.7. The van der Waals surface area contributed by atoms with E-state index in [1.54, 1.807) is 32.3 Å². The van der Waals surface area contributed by atoms with Crippen molar-refractivity contribution < 1.29 is 22.6 Å². The summed E-state index contributed by atoms with van der Waals surface area (Å²) in [4.78, 5) is 12.6. The Morgan fingerprint density at radius 1 is 1.07 bits per heavy atom. The molecule has 6 nitrogen and oxygen atoms in total. The van der Waals surface area contributed by atoms with Crippen LogP contribution < -0.4 is 15.2 Å². The van der Waals surface area contributed by atoms with Gasteiger partial charge in [-0.25, -0.2) is 4.98 Å². The van der Waals surface area contributed by atoms with E-state index in [1.807, 2.05) is 19.1 Å². The second kappa shape index (κ2) is 8.56. The van der Waals surface area contributed by atoms with E-state index in [0.717, 1.165) is 16.8 Å². The Labute approximate surface area is 171 Å². The Kier molecular flexibility index (Phi) is 6.09. The molecule has 9 heteroatoms. The Balaban J connectivity index is 1.84. The summed E-state index contributed by atoms with van der Waals surface area (Å²) < 4.78 is 48.4. The van der Waals surface area contributed by atoms with Gasteiger partial charge in [0.1, 0.15) is 12.4 Å². The average Bonchev–Trinajstić information content (AvgIpc) is 2.68. The second-order valence-corrected chi connectivity index (χ2v) is 6.78. The van der Waals surface area contributed by atoms with Gasteiger partial charge < -0.3 is 15.2 Å².